The zero-order valence-corrected chi connectivity index (χ0v) is 17.6. The largest absolute Gasteiger partial charge is 0.573 e. The van der Waals surface area contributed by atoms with E-state index >= 15 is 0 Å². The van der Waals surface area contributed by atoms with Crippen LogP contribution < -0.4 is 14.8 Å². The molecule has 0 spiro atoms. The second-order valence-corrected chi connectivity index (χ2v) is 7.65. The van der Waals surface area contributed by atoms with Gasteiger partial charge in [-0.3, -0.25) is 4.79 Å². The second-order valence-electron chi connectivity index (χ2n) is 7.65. The van der Waals surface area contributed by atoms with E-state index in [0.717, 1.165) is 60.1 Å². The number of carbonyl (C=O) groups is 1. The van der Waals surface area contributed by atoms with Crippen LogP contribution in [0.5, 0.6) is 11.5 Å². The Hall–Kier alpha value is -3.42. The number of allylic oxidation sites excluding steroid dienone is 1. The molecular formula is C24H22F3NO4. The number of methoxy groups -OCH3 is 1. The van der Waals surface area contributed by atoms with Crippen LogP contribution in [0.25, 0.3) is 16.5 Å². The number of fused-ring (bicyclic) bond motifs is 3. The van der Waals surface area contributed by atoms with Crippen LogP contribution in [0.15, 0.2) is 46.9 Å². The monoisotopic (exact) mass is 445 g/mol. The van der Waals surface area contributed by atoms with Gasteiger partial charge in [-0.1, -0.05) is 0 Å². The summed E-state index contributed by atoms with van der Waals surface area (Å²) in [4.78, 5) is 12.5. The van der Waals surface area contributed by atoms with Crippen LogP contribution in [-0.4, -0.2) is 19.4 Å². The van der Waals surface area contributed by atoms with Crippen molar-refractivity contribution in [3.05, 3.63) is 59.4 Å². The minimum atomic E-state index is -4.76. The van der Waals surface area contributed by atoms with Crippen molar-refractivity contribution >= 4 is 28.1 Å². The zero-order valence-electron chi connectivity index (χ0n) is 17.6. The van der Waals surface area contributed by atoms with Crippen molar-refractivity contribution in [2.45, 2.75) is 39.0 Å². The van der Waals surface area contributed by atoms with Crippen LogP contribution in [0.2, 0.25) is 0 Å². The molecule has 4 rings (SSSR count). The molecule has 0 saturated heterocycles. The third kappa shape index (κ3) is 4.74. The van der Waals surface area contributed by atoms with E-state index in [2.05, 4.69) is 10.1 Å². The number of anilines is 1. The van der Waals surface area contributed by atoms with Gasteiger partial charge in [-0.05, 0) is 62.1 Å². The molecule has 1 aromatic heterocycles. The van der Waals surface area contributed by atoms with Crippen LogP contribution in [0.3, 0.4) is 0 Å². The number of ether oxygens (including phenoxy) is 2. The quantitative estimate of drug-likeness (QED) is 0.471. The SMILES string of the molecule is COc1cc2oc3c(c2cc1/C(C)=C/C(=O)Nc1ccc(OC(F)(F)F)cc1)CCCC3. The van der Waals surface area contributed by atoms with Crippen LogP contribution in [0.1, 0.15) is 36.7 Å². The van der Waals surface area contributed by atoms with Crippen LogP contribution in [-0.2, 0) is 17.6 Å². The molecule has 168 valence electrons. The summed E-state index contributed by atoms with van der Waals surface area (Å²) in [6, 6.07) is 8.79. The van der Waals surface area contributed by atoms with Gasteiger partial charge in [0.05, 0.1) is 7.11 Å². The molecule has 0 atom stereocenters. The molecular weight excluding hydrogens is 423 g/mol. The van der Waals surface area contributed by atoms with Crippen molar-refractivity contribution in [2.24, 2.45) is 0 Å². The van der Waals surface area contributed by atoms with Crippen LogP contribution in [0.4, 0.5) is 18.9 Å². The van der Waals surface area contributed by atoms with Gasteiger partial charge in [0.2, 0.25) is 5.91 Å². The van der Waals surface area contributed by atoms with Crippen molar-refractivity contribution in [1.29, 1.82) is 0 Å². The highest BCUT2D eigenvalue weighted by molar-refractivity contribution is 6.04. The van der Waals surface area contributed by atoms with Crippen molar-refractivity contribution in [3.63, 3.8) is 0 Å². The fraction of sp³-hybridized carbons (Fsp3) is 0.292. The molecule has 3 aromatic rings. The molecule has 0 saturated carbocycles. The minimum Gasteiger partial charge on any atom is -0.496 e. The Morgan fingerprint density at radius 3 is 2.53 bits per heavy atom. The Labute approximate surface area is 182 Å². The summed E-state index contributed by atoms with van der Waals surface area (Å²) < 4.78 is 52.2. The molecule has 0 radical (unpaired) electrons. The van der Waals surface area contributed by atoms with E-state index in [9.17, 15) is 18.0 Å². The minimum absolute atomic E-state index is 0.347. The summed E-state index contributed by atoms with van der Waals surface area (Å²) in [6.07, 6.45) is 0.776. The lowest BCUT2D eigenvalue weighted by Crippen LogP contribution is -2.17. The van der Waals surface area contributed by atoms with Crippen molar-refractivity contribution in [3.8, 4) is 11.5 Å². The van der Waals surface area contributed by atoms with Gasteiger partial charge in [-0.25, -0.2) is 0 Å². The van der Waals surface area contributed by atoms with Gasteiger partial charge in [0, 0.05) is 40.8 Å². The van der Waals surface area contributed by atoms with Gasteiger partial charge in [0.25, 0.3) is 0 Å². The average molecular weight is 445 g/mol. The zero-order chi connectivity index (χ0) is 22.9. The van der Waals surface area contributed by atoms with Crippen molar-refractivity contribution in [1.82, 2.24) is 0 Å². The maximum Gasteiger partial charge on any atom is 0.573 e. The summed E-state index contributed by atoms with van der Waals surface area (Å²) in [5.74, 6) is 0.841. The second kappa shape index (κ2) is 8.61. The van der Waals surface area contributed by atoms with E-state index < -0.39 is 12.3 Å². The Bertz CT molecular complexity index is 1180. The number of amides is 1. The molecule has 1 N–H and O–H groups in total. The fourth-order valence-electron chi connectivity index (χ4n) is 3.96. The number of furan rings is 1. The summed E-state index contributed by atoms with van der Waals surface area (Å²) in [6.45, 7) is 1.80. The van der Waals surface area contributed by atoms with E-state index in [1.54, 1.807) is 14.0 Å². The molecule has 32 heavy (non-hydrogen) atoms. The Kier molecular flexibility index (Phi) is 5.86. The Morgan fingerprint density at radius 2 is 1.84 bits per heavy atom. The molecule has 1 amide bonds. The first-order valence-electron chi connectivity index (χ1n) is 10.2. The molecule has 8 heteroatoms. The topological polar surface area (TPSA) is 60.7 Å². The summed E-state index contributed by atoms with van der Waals surface area (Å²) >= 11 is 0. The van der Waals surface area contributed by atoms with E-state index in [0.29, 0.717) is 17.0 Å². The normalized spacial score (nSPS) is 14.2. The van der Waals surface area contributed by atoms with E-state index in [-0.39, 0.29) is 5.75 Å². The summed E-state index contributed by atoms with van der Waals surface area (Å²) in [5.41, 5.74) is 3.80. The molecule has 0 unspecified atom stereocenters. The lowest BCUT2D eigenvalue weighted by atomic mass is 9.94. The first kappa shape index (κ1) is 21.8. The van der Waals surface area contributed by atoms with Gasteiger partial charge in [0.1, 0.15) is 22.8 Å². The first-order valence-corrected chi connectivity index (χ1v) is 10.2. The Balaban J connectivity index is 1.55. The number of hydrogen-bond donors (Lipinski definition) is 1. The maximum absolute atomic E-state index is 12.5. The smallest absolute Gasteiger partial charge is 0.496 e. The number of alkyl halides is 3. The highest BCUT2D eigenvalue weighted by atomic mass is 19.4. The third-order valence-electron chi connectivity index (χ3n) is 5.41. The Morgan fingerprint density at radius 1 is 1.12 bits per heavy atom. The lowest BCUT2D eigenvalue weighted by molar-refractivity contribution is -0.274. The number of nitrogens with one attached hydrogen (secondary N) is 1. The van der Waals surface area contributed by atoms with E-state index in [4.69, 9.17) is 9.15 Å². The number of halogens is 3. The van der Waals surface area contributed by atoms with Gasteiger partial charge in [-0.15, -0.1) is 13.2 Å². The fourth-order valence-corrected chi connectivity index (χ4v) is 3.96. The van der Waals surface area contributed by atoms with Crippen molar-refractivity contribution in [2.75, 3.05) is 12.4 Å². The number of carbonyl (C=O) groups excluding carboxylic acids is 1. The van der Waals surface area contributed by atoms with E-state index in [1.807, 2.05) is 12.1 Å². The molecule has 1 aliphatic rings. The van der Waals surface area contributed by atoms with Gasteiger partial charge in [-0.2, -0.15) is 0 Å². The molecule has 1 heterocycles. The highest BCUT2D eigenvalue weighted by Gasteiger charge is 2.31. The van der Waals surface area contributed by atoms with Crippen LogP contribution in [0, 0.1) is 0 Å². The number of rotatable bonds is 5. The summed E-state index contributed by atoms with van der Waals surface area (Å²) in [5, 5.41) is 3.67. The molecule has 2 aromatic carbocycles. The molecule has 0 aliphatic heterocycles. The van der Waals surface area contributed by atoms with Crippen molar-refractivity contribution < 1.29 is 31.9 Å². The predicted octanol–water partition coefficient (Wildman–Crippen LogP) is 6.26. The standard InChI is InChI=1S/C24H22F3NO4/c1-14(11-23(29)28-15-7-9-16(10-8-15)32-24(25,26)27)18-12-19-17-5-3-4-6-20(17)31-22(19)13-21(18)30-2/h7-13H,3-6H2,1-2H3,(H,28,29)/b14-11+. The maximum atomic E-state index is 12.5. The molecule has 5 nitrogen and oxygen atoms in total. The highest BCUT2D eigenvalue weighted by Crippen LogP contribution is 2.38. The van der Waals surface area contributed by atoms with Gasteiger partial charge >= 0.3 is 6.36 Å². The molecule has 1 aliphatic carbocycles. The van der Waals surface area contributed by atoms with Crippen LogP contribution >= 0.6 is 0 Å². The summed E-state index contributed by atoms with van der Waals surface area (Å²) in [7, 11) is 1.56. The number of hydrogen-bond acceptors (Lipinski definition) is 4. The molecule has 0 bridgehead atoms. The van der Waals surface area contributed by atoms with Gasteiger partial charge < -0.3 is 19.2 Å². The number of benzene rings is 2. The lowest BCUT2D eigenvalue weighted by Gasteiger charge is -2.11. The number of aryl methyl sites for hydroxylation is 2. The predicted molar refractivity (Wildman–Crippen MR) is 115 cm³/mol. The molecule has 0 fully saturated rings. The third-order valence-corrected chi connectivity index (χ3v) is 5.41. The van der Waals surface area contributed by atoms with E-state index in [1.165, 1.54) is 23.8 Å². The average Bonchev–Trinajstić information content (AvgIpc) is 3.10. The first-order chi connectivity index (χ1) is 15.2. The van der Waals surface area contributed by atoms with Gasteiger partial charge in [0.15, 0.2) is 0 Å².